The summed E-state index contributed by atoms with van der Waals surface area (Å²) in [5.41, 5.74) is 0.207. The lowest BCUT2D eigenvalue weighted by atomic mass is 9.81. The van der Waals surface area contributed by atoms with E-state index in [1.807, 2.05) is 34.6 Å². The molecule has 0 aromatic heterocycles. The van der Waals surface area contributed by atoms with Crippen LogP contribution in [0, 0.1) is 11.3 Å². The second-order valence-electron chi connectivity index (χ2n) is 4.95. The van der Waals surface area contributed by atoms with Crippen LogP contribution in [0.5, 0.6) is 0 Å². The van der Waals surface area contributed by atoms with Crippen LogP contribution < -0.4 is 0 Å². The molecule has 2 heteroatoms. The molecule has 0 aromatic carbocycles. The van der Waals surface area contributed by atoms with Crippen molar-refractivity contribution in [1.29, 1.82) is 0 Å². The van der Waals surface area contributed by atoms with E-state index in [-0.39, 0.29) is 22.9 Å². The van der Waals surface area contributed by atoms with E-state index in [1.165, 1.54) is 6.08 Å². The van der Waals surface area contributed by atoms with Gasteiger partial charge in [-0.05, 0) is 25.0 Å². The van der Waals surface area contributed by atoms with E-state index in [0.717, 1.165) is 6.42 Å². The second kappa shape index (κ2) is 5.24. The van der Waals surface area contributed by atoms with E-state index in [2.05, 4.69) is 0 Å². The molecule has 0 saturated carbocycles. The summed E-state index contributed by atoms with van der Waals surface area (Å²) in [6.07, 6.45) is 2.26. The van der Waals surface area contributed by atoms with E-state index >= 15 is 0 Å². The predicted octanol–water partition coefficient (Wildman–Crippen LogP) is 3.16. The van der Waals surface area contributed by atoms with Gasteiger partial charge in [0.25, 0.3) is 0 Å². The molecular formula is C13H22O2. The minimum atomic E-state index is -0.363. The highest BCUT2D eigenvalue weighted by Crippen LogP contribution is 2.24. The van der Waals surface area contributed by atoms with Crippen LogP contribution >= 0.6 is 0 Å². The summed E-state index contributed by atoms with van der Waals surface area (Å²) < 4.78 is 0. The first-order valence-corrected chi connectivity index (χ1v) is 5.49. The topological polar surface area (TPSA) is 34.1 Å². The molecule has 0 radical (unpaired) electrons. The minimum Gasteiger partial charge on any atom is -0.295 e. The van der Waals surface area contributed by atoms with Gasteiger partial charge in [-0.25, -0.2) is 0 Å². The maximum absolute atomic E-state index is 11.9. The maximum Gasteiger partial charge on any atom is 0.164 e. The number of ketones is 2. The molecule has 0 atom stereocenters. The van der Waals surface area contributed by atoms with Crippen molar-refractivity contribution in [1.82, 2.24) is 0 Å². The molecule has 0 heterocycles. The lowest BCUT2D eigenvalue weighted by Crippen LogP contribution is -2.24. The van der Waals surface area contributed by atoms with Crippen molar-refractivity contribution in [2.45, 2.75) is 48.0 Å². The normalized spacial score (nSPS) is 13.1. The van der Waals surface area contributed by atoms with Gasteiger partial charge in [-0.3, -0.25) is 9.59 Å². The van der Waals surface area contributed by atoms with Crippen molar-refractivity contribution in [3.8, 4) is 0 Å². The van der Waals surface area contributed by atoms with E-state index < -0.39 is 0 Å². The van der Waals surface area contributed by atoms with E-state index in [1.54, 1.807) is 6.92 Å². The first-order valence-electron chi connectivity index (χ1n) is 5.49. The molecule has 86 valence electrons. The van der Waals surface area contributed by atoms with Crippen molar-refractivity contribution < 1.29 is 9.59 Å². The number of allylic oxidation sites excluding steroid dienone is 2. The van der Waals surface area contributed by atoms with Crippen LogP contribution in [0.15, 0.2) is 11.6 Å². The summed E-state index contributed by atoms with van der Waals surface area (Å²) in [6.45, 7) is 11.2. The molecule has 0 amide bonds. The molecule has 0 bridgehead atoms. The van der Waals surface area contributed by atoms with Crippen LogP contribution in [0.1, 0.15) is 48.0 Å². The minimum absolute atomic E-state index is 0.0211. The summed E-state index contributed by atoms with van der Waals surface area (Å²) in [5, 5.41) is 0. The molecule has 15 heavy (non-hydrogen) atoms. The largest absolute Gasteiger partial charge is 0.295 e. The van der Waals surface area contributed by atoms with Crippen molar-refractivity contribution in [3.05, 3.63) is 11.6 Å². The summed E-state index contributed by atoms with van der Waals surface area (Å²) in [5.74, 6) is 0.0456. The molecule has 0 spiro atoms. The molecule has 0 aromatic rings. The van der Waals surface area contributed by atoms with Crippen LogP contribution in [0.2, 0.25) is 0 Å². The summed E-state index contributed by atoms with van der Waals surface area (Å²) in [7, 11) is 0. The Bertz CT molecular complexity index is 283. The van der Waals surface area contributed by atoms with Gasteiger partial charge in [0.2, 0.25) is 0 Å². The Labute approximate surface area is 92.8 Å². The fraction of sp³-hybridized carbons (Fsp3) is 0.692. The smallest absolute Gasteiger partial charge is 0.164 e. The zero-order chi connectivity index (χ0) is 12.2. The zero-order valence-electron chi connectivity index (χ0n) is 10.7. The van der Waals surface area contributed by atoms with Gasteiger partial charge in [-0.2, -0.15) is 0 Å². The third-order valence-corrected chi connectivity index (χ3v) is 2.78. The van der Waals surface area contributed by atoms with Crippen LogP contribution in [0.25, 0.3) is 0 Å². The third kappa shape index (κ3) is 3.98. The van der Waals surface area contributed by atoms with Gasteiger partial charge >= 0.3 is 0 Å². The van der Waals surface area contributed by atoms with Crippen LogP contribution in [0.3, 0.4) is 0 Å². The SMILES string of the molecule is CCC(C)(C)C(=O)/C(C)=C/C(=O)C(C)C. The average molecular weight is 210 g/mol. The number of rotatable bonds is 5. The zero-order valence-corrected chi connectivity index (χ0v) is 10.7. The molecule has 0 fully saturated rings. The van der Waals surface area contributed by atoms with Gasteiger partial charge in [0.15, 0.2) is 11.6 Å². The Balaban J connectivity index is 4.80. The van der Waals surface area contributed by atoms with Crippen molar-refractivity contribution in [2.24, 2.45) is 11.3 Å². The number of Topliss-reactive ketones (excluding diaryl/α,β-unsaturated/α-hetero) is 1. The number of hydrogen-bond acceptors (Lipinski definition) is 2. The molecule has 0 aliphatic rings. The van der Waals surface area contributed by atoms with Gasteiger partial charge in [-0.1, -0.05) is 34.6 Å². The predicted molar refractivity (Wildman–Crippen MR) is 62.7 cm³/mol. The monoisotopic (exact) mass is 210 g/mol. The number of hydrogen-bond donors (Lipinski definition) is 0. The van der Waals surface area contributed by atoms with Gasteiger partial charge in [0.1, 0.15) is 0 Å². The van der Waals surface area contributed by atoms with Crippen molar-refractivity contribution in [3.63, 3.8) is 0 Å². The fourth-order valence-electron chi connectivity index (χ4n) is 1.14. The third-order valence-electron chi connectivity index (χ3n) is 2.78. The lowest BCUT2D eigenvalue weighted by Gasteiger charge is -2.21. The lowest BCUT2D eigenvalue weighted by molar-refractivity contribution is -0.124. The highest BCUT2D eigenvalue weighted by atomic mass is 16.1. The van der Waals surface area contributed by atoms with Crippen LogP contribution in [-0.2, 0) is 9.59 Å². The van der Waals surface area contributed by atoms with Gasteiger partial charge in [0, 0.05) is 11.3 Å². The van der Waals surface area contributed by atoms with E-state index in [4.69, 9.17) is 0 Å². The van der Waals surface area contributed by atoms with Crippen molar-refractivity contribution >= 4 is 11.6 Å². The Kier molecular flexibility index (Phi) is 4.92. The number of carbonyl (C=O) groups excluding carboxylic acids is 2. The Morgan fingerprint density at radius 1 is 1.27 bits per heavy atom. The standard InChI is InChI=1S/C13H22O2/c1-7-13(5,6)12(15)10(4)8-11(14)9(2)3/h8-9H,7H2,1-6H3/b10-8+. The molecule has 0 N–H and O–H groups in total. The Morgan fingerprint density at radius 2 is 1.73 bits per heavy atom. The van der Waals surface area contributed by atoms with Gasteiger partial charge < -0.3 is 0 Å². The highest BCUT2D eigenvalue weighted by molar-refractivity contribution is 6.05. The second-order valence-corrected chi connectivity index (χ2v) is 4.95. The van der Waals surface area contributed by atoms with Gasteiger partial charge in [-0.15, -0.1) is 0 Å². The molecular weight excluding hydrogens is 188 g/mol. The molecule has 0 saturated heterocycles. The van der Waals surface area contributed by atoms with E-state index in [0.29, 0.717) is 5.57 Å². The highest BCUT2D eigenvalue weighted by Gasteiger charge is 2.26. The first kappa shape index (κ1) is 14.1. The fourth-order valence-corrected chi connectivity index (χ4v) is 1.14. The summed E-state index contributed by atoms with van der Waals surface area (Å²) in [6, 6.07) is 0. The quantitative estimate of drug-likeness (QED) is 0.653. The summed E-state index contributed by atoms with van der Waals surface area (Å²) in [4.78, 5) is 23.4. The molecule has 0 aliphatic carbocycles. The van der Waals surface area contributed by atoms with E-state index in [9.17, 15) is 9.59 Å². The first-order chi connectivity index (χ1) is 6.72. The summed E-state index contributed by atoms with van der Waals surface area (Å²) >= 11 is 0. The molecule has 2 nitrogen and oxygen atoms in total. The molecule has 0 unspecified atom stereocenters. The van der Waals surface area contributed by atoms with Crippen LogP contribution in [-0.4, -0.2) is 11.6 Å². The van der Waals surface area contributed by atoms with Crippen LogP contribution in [0.4, 0.5) is 0 Å². The maximum atomic E-state index is 11.9. The Hall–Kier alpha value is -0.920. The number of carbonyl (C=O) groups is 2. The molecule has 0 rings (SSSR count). The Morgan fingerprint density at radius 3 is 2.07 bits per heavy atom. The van der Waals surface area contributed by atoms with Gasteiger partial charge in [0.05, 0.1) is 0 Å². The van der Waals surface area contributed by atoms with Crippen molar-refractivity contribution in [2.75, 3.05) is 0 Å². The molecule has 0 aliphatic heterocycles. The average Bonchev–Trinajstić information content (AvgIpc) is 2.16.